The smallest absolute Gasteiger partial charge is 0.399 e. The molecular formula is C12H16BFN2O3. The SMILES string of the molecule is CC1(C)OB(c2ccc(C(N)=O)nc2F)OC1(C)C. The van der Waals surface area contributed by atoms with E-state index in [0.717, 1.165) is 0 Å². The Morgan fingerprint density at radius 3 is 2.21 bits per heavy atom. The molecule has 1 saturated heterocycles. The average molecular weight is 266 g/mol. The summed E-state index contributed by atoms with van der Waals surface area (Å²) in [5.74, 6) is -1.59. The number of pyridine rings is 1. The van der Waals surface area contributed by atoms with E-state index in [1.165, 1.54) is 12.1 Å². The first-order chi connectivity index (χ1) is 8.64. The molecular weight excluding hydrogens is 250 g/mol. The summed E-state index contributed by atoms with van der Waals surface area (Å²) in [6, 6.07) is 2.76. The van der Waals surface area contributed by atoms with E-state index in [1.54, 1.807) is 0 Å². The number of nitrogens with two attached hydrogens (primary N) is 1. The van der Waals surface area contributed by atoms with Crippen LogP contribution in [0.25, 0.3) is 0 Å². The highest BCUT2D eigenvalue weighted by molar-refractivity contribution is 6.62. The number of carbonyl (C=O) groups excluding carboxylic acids is 1. The summed E-state index contributed by atoms with van der Waals surface area (Å²) in [6.45, 7) is 7.48. The third-order valence-corrected chi connectivity index (χ3v) is 3.64. The van der Waals surface area contributed by atoms with Gasteiger partial charge in [-0.25, -0.2) is 4.98 Å². The van der Waals surface area contributed by atoms with Gasteiger partial charge >= 0.3 is 7.12 Å². The zero-order valence-electron chi connectivity index (χ0n) is 11.4. The summed E-state index contributed by atoms with van der Waals surface area (Å²) in [5.41, 5.74) is 3.94. The molecule has 7 heteroatoms. The zero-order chi connectivity index (χ0) is 14.4. The van der Waals surface area contributed by atoms with Gasteiger partial charge in [-0.2, -0.15) is 4.39 Å². The number of nitrogens with zero attached hydrogens (tertiary/aromatic N) is 1. The van der Waals surface area contributed by atoms with Gasteiger partial charge in [-0.05, 0) is 33.8 Å². The van der Waals surface area contributed by atoms with Gasteiger partial charge in [0.2, 0.25) is 5.95 Å². The Labute approximate surface area is 111 Å². The van der Waals surface area contributed by atoms with Crippen LogP contribution in [-0.4, -0.2) is 29.2 Å². The molecule has 1 fully saturated rings. The van der Waals surface area contributed by atoms with Crippen LogP contribution in [0.5, 0.6) is 0 Å². The lowest BCUT2D eigenvalue weighted by Gasteiger charge is -2.32. The molecule has 5 nitrogen and oxygen atoms in total. The summed E-state index contributed by atoms with van der Waals surface area (Å²) < 4.78 is 25.3. The first-order valence-corrected chi connectivity index (χ1v) is 5.96. The van der Waals surface area contributed by atoms with Crippen molar-refractivity contribution in [2.45, 2.75) is 38.9 Å². The molecule has 0 saturated carbocycles. The molecule has 1 aliphatic heterocycles. The summed E-state index contributed by atoms with van der Waals surface area (Å²) >= 11 is 0. The van der Waals surface area contributed by atoms with Gasteiger partial charge in [-0.3, -0.25) is 4.79 Å². The van der Waals surface area contributed by atoms with Crippen molar-refractivity contribution in [3.63, 3.8) is 0 Å². The number of amides is 1. The molecule has 2 rings (SSSR count). The molecule has 19 heavy (non-hydrogen) atoms. The van der Waals surface area contributed by atoms with Crippen molar-refractivity contribution >= 4 is 18.5 Å². The maximum Gasteiger partial charge on any atom is 0.499 e. The van der Waals surface area contributed by atoms with Crippen LogP contribution in [0, 0.1) is 5.95 Å². The number of carbonyl (C=O) groups is 1. The van der Waals surface area contributed by atoms with Crippen LogP contribution >= 0.6 is 0 Å². The van der Waals surface area contributed by atoms with Crippen LogP contribution in [0.15, 0.2) is 12.1 Å². The second kappa shape index (κ2) is 4.28. The predicted molar refractivity (Wildman–Crippen MR) is 68.4 cm³/mol. The highest BCUT2D eigenvalue weighted by Crippen LogP contribution is 2.36. The van der Waals surface area contributed by atoms with Crippen molar-refractivity contribution in [3.05, 3.63) is 23.8 Å². The highest BCUT2D eigenvalue weighted by Gasteiger charge is 2.52. The van der Waals surface area contributed by atoms with E-state index in [4.69, 9.17) is 15.0 Å². The summed E-state index contributed by atoms with van der Waals surface area (Å²) in [4.78, 5) is 14.4. The Bertz CT molecular complexity index is 518. The number of hydrogen-bond donors (Lipinski definition) is 1. The minimum Gasteiger partial charge on any atom is -0.399 e. The number of primary amides is 1. The molecule has 1 aromatic rings. The second-order valence-corrected chi connectivity index (χ2v) is 5.53. The lowest BCUT2D eigenvalue weighted by atomic mass is 9.80. The van der Waals surface area contributed by atoms with Gasteiger partial charge < -0.3 is 15.0 Å². The largest absolute Gasteiger partial charge is 0.499 e. The average Bonchev–Trinajstić information content (AvgIpc) is 2.47. The molecule has 1 aliphatic rings. The van der Waals surface area contributed by atoms with Gasteiger partial charge in [0.05, 0.1) is 11.2 Å². The minimum absolute atomic E-state index is 0.127. The van der Waals surface area contributed by atoms with Crippen LogP contribution in [0.4, 0.5) is 4.39 Å². The Hall–Kier alpha value is -1.47. The Morgan fingerprint density at radius 2 is 1.79 bits per heavy atom. The Kier molecular flexibility index (Phi) is 3.14. The van der Waals surface area contributed by atoms with Crippen molar-refractivity contribution in [2.24, 2.45) is 5.73 Å². The summed E-state index contributed by atoms with van der Waals surface area (Å²) in [6.07, 6.45) is 0. The Morgan fingerprint density at radius 1 is 1.26 bits per heavy atom. The molecule has 0 spiro atoms. The second-order valence-electron chi connectivity index (χ2n) is 5.53. The van der Waals surface area contributed by atoms with E-state index in [9.17, 15) is 9.18 Å². The quantitative estimate of drug-likeness (QED) is 0.629. The van der Waals surface area contributed by atoms with Crippen molar-refractivity contribution < 1.29 is 18.5 Å². The van der Waals surface area contributed by atoms with Gasteiger partial charge in [0.15, 0.2) is 0 Å². The van der Waals surface area contributed by atoms with Crippen LogP contribution in [0.2, 0.25) is 0 Å². The molecule has 2 N–H and O–H groups in total. The first kappa shape index (κ1) is 14.0. The van der Waals surface area contributed by atoms with Gasteiger partial charge in [0, 0.05) is 5.46 Å². The maximum atomic E-state index is 13.9. The number of hydrogen-bond acceptors (Lipinski definition) is 4. The first-order valence-electron chi connectivity index (χ1n) is 5.96. The van der Waals surface area contributed by atoms with Crippen LogP contribution in [0.1, 0.15) is 38.2 Å². The normalized spacial score (nSPS) is 20.6. The lowest BCUT2D eigenvalue weighted by molar-refractivity contribution is 0.00578. The van der Waals surface area contributed by atoms with Gasteiger partial charge in [0.1, 0.15) is 5.69 Å². The topological polar surface area (TPSA) is 74.4 Å². The lowest BCUT2D eigenvalue weighted by Crippen LogP contribution is -2.41. The fourth-order valence-electron chi connectivity index (χ4n) is 1.73. The highest BCUT2D eigenvalue weighted by atomic mass is 19.1. The zero-order valence-corrected chi connectivity index (χ0v) is 11.4. The van der Waals surface area contributed by atoms with E-state index < -0.39 is 30.2 Å². The molecule has 0 aromatic carbocycles. The van der Waals surface area contributed by atoms with E-state index in [0.29, 0.717) is 0 Å². The summed E-state index contributed by atoms with van der Waals surface area (Å²) in [5, 5.41) is 0. The van der Waals surface area contributed by atoms with Crippen molar-refractivity contribution in [1.29, 1.82) is 0 Å². The third kappa shape index (κ3) is 2.35. The predicted octanol–water partition coefficient (Wildman–Crippen LogP) is 0.619. The molecule has 102 valence electrons. The standard InChI is InChI=1S/C12H16BFN2O3/c1-11(2)12(3,4)19-13(18-11)7-5-6-8(10(15)17)16-9(7)14/h5-6H,1-4H3,(H2,15,17). The van der Waals surface area contributed by atoms with Crippen molar-refractivity contribution in [1.82, 2.24) is 4.98 Å². The van der Waals surface area contributed by atoms with E-state index in [-0.39, 0.29) is 11.2 Å². The fraction of sp³-hybridized carbons (Fsp3) is 0.500. The van der Waals surface area contributed by atoms with Crippen LogP contribution in [-0.2, 0) is 9.31 Å². The summed E-state index contributed by atoms with van der Waals surface area (Å²) in [7, 11) is -0.848. The molecule has 0 unspecified atom stereocenters. The molecule has 0 atom stereocenters. The van der Waals surface area contributed by atoms with E-state index in [1.807, 2.05) is 27.7 Å². The van der Waals surface area contributed by atoms with Gasteiger partial charge in [-0.1, -0.05) is 6.07 Å². The molecule has 0 bridgehead atoms. The molecule has 2 heterocycles. The fourth-order valence-corrected chi connectivity index (χ4v) is 1.73. The van der Waals surface area contributed by atoms with E-state index >= 15 is 0 Å². The molecule has 0 radical (unpaired) electrons. The number of halogens is 1. The van der Waals surface area contributed by atoms with Gasteiger partial charge in [0.25, 0.3) is 5.91 Å². The van der Waals surface area contributed by atoms with Crippen molar-refractivity contribution in [2.75, 3.05) is 0 Å². The minimum atomic E-state index is -0.848. The number of rotatable bonds is 2. The van der Waals surface area contributed by atoms with Crippen LogP contribution in [0.3, 0.4) is 0 Å². The van der Waals surface area contributed by atoms with Gasteiger partial charge in [-0.15, -0.1) is 0 Å². The molecule has 0 aliphatic carbocycles. The van der Waals surface area contributed by atoms with E-state index in [2.05, 4.69) is 4.98 Å². The Balaban J connectivity index is 2.33. The molecule has 1 amide bonds. The maximum absolute atomic E-state index is 13.9. The third-order valence-electron chi connectivity index (χ3n) is 3.64. The van der Waals surface area contributed by atoms with Crippen molar-refractivity contribution in [3.8, 4) is 0 Å². The monoisotopic (exact) mass is 266 g/mol. The number of aromatic nitrogens is 1. The molecule has 1 aromatic heterocycles. The van der Waals surface area contributed by atoms with Crippen LogP contribution < -0.4 is 11.2 Å².